The molecule has 1 aromatic carbocycles. The van der Waals surface area contributed by atoms with Crippen LogP contribution in [0.25, 0.3) is 0 Å². The molecule has 1 atom stereocenters. The largest absolute Gasteiger partial charge is 0.237 e. The molecule has 0 aliphatic heterocycles. The third kappa shape index (κ3) is 0.502. The number of hydrogen-bond donors (Lipinski definition) is 0. The van der Waals surface area contributed by atoms with Crippen LogP contribution in [-0.2, 0) is 0 Å². The highest BCUT2D eigenvalue weighted by Gasteiger charge is 2.35. The van der Waals surface area contributed by atoms with E-state index >= 15 is 0 Å². The highest BCUT2D eigenvalue weighted by atomic mass is 19.1. The van der Waals surface area contributed by atoms with Gasteiger partial charge in [0.25, 0.3) is 0 Å². The molecule has 1 aromatic rings. The molecule has 0 fully saturated rings. The lowest BCUT2D eigenvalue weighted by molar-refractivity contribution is 0.458. The number of benzene rings is 1. The molecule has 0 spiro atoms. The van der Waals surface area contributed by atoms with Gasteiger partial charge in [-0.1, -0.05) is 12.1 Å². The van der Waals surface area contributed by atoms with Gasteiger partial charge in [-0.25, -0.2) is 8.78 Å². The molecule has 46 valence electrons. The standard InChI is InChI=1S/C7H4F2/c8-5-3-1-2-4-6(5)7(4)9/h1-3,7H. The van der Waals surface area contributed by atoms with Gasteiger partial charge < -0.3 is 0 Å². The molecular formula is C7H4F2. The quantitative estimate of drug-likeness (QED) is 0.499. The predicted molar refractivity (Wildman–Crippen MR) is 29.4 cm³/mol. The Morgan fingerprint density at radius 1 is 1.33 bits per heavy atom. The third-order valence-corrected chi connectivity index (χ3v) is 1.53. The van der Waals surface area contributed by atoms with Crippen molar-refractivity contribution in [1.82, 2.24) is 0 Å². The molecule has 0 saturated carbocycles. The Morgan fingerprint density at radius 3 is 2.67 bits per heavy atom. The zero-order chi connectivity index (χ0) is 6.43. The van der Waals surface area contributed by atoms with Crippen LogP contribution in [-0.4, -0.2) is 0 Å². The molecule has 0 saturated heterocycles. The zero-order valence-electron chi connectivity index (χ0n) is 4.57. The first kappa shape index (κ1) is 4.91. The SMILES string of the molecule is Fc1cccc2c1C2F. The molecule has 2 rings (SSSR count). The molecule has 1 aliphatic carbocycles. The van der Waals surface area contributed by atoms with Crippen molar-refractivity contribution in [2.75, 3.05) is 0 Å². The van der Waals surface area contributed by atoms with Gasteiger partial charge in [-0.05, 0) is 11.6 Å². The van der Waals surface area contributed by atoms with Gasteiger partial charge in [0.2, 0.25) is 0 Å². The smallest absolute Gasteiger partial charge is 0.154 e. The number of fused-ring (bicyclic) bond motifs is 1. The van der Waals surface area contributed by atoms with E-state index in [0.717, 1.165) is 0 Å². The van der Waals surface area contributed by atoms with Gasteiger partial charge in [0.15, 0.2) is 6.17 Å². The summed E-state index contributed by atoms with van der Waals surface area (Å²) in [4.78, 5) is 0. The van der Waals surface area contributed by atoms with Crippen molar-refractivity contribution in [2.24, 2.45) is 0 Å². The Kier molecular flexibility index (Phi) is 0.721. The molecule has 0 aromatic heterocycles. The maximum Gasteiger partial charge on any atom is 0.154 e. The number of rotatable bonds is 0. The summed E-state index contributed by atoms with van der Waals surface area (Å²) in [7, 11) is 0. The molecule has 0 heterocycles. The van der Waals surface area contributed by atoms with Crippen LogP contribution < -0.4 is 0 Å². The Balaban J connectivity index is 2.61. The molecule has 0 N–H and O–H groups in total. The third-order valence-electron chi connectivity index (χ3n) is 1.53. The van der Waals surface area contributed by atoms with Crippen molar-refractivity contribution in [3.63, 3.8) is 0 Å². The van der Waals surface area contributed by atoms with E-state index in [0.29, 0.717) is 5.56 Å². The van der Waals surface area contributed by atoms with E-state index in [-0.39, 0.29) is 5.56 Å². The van der Waals surface area contributed by atoms with E-state index in [1.165, 1.54) is 12.1 Å². The predicted octanol–water partition coefficient (Wildman–Crippen LogP) is 2.20. The Bertz CT molecular complexity index is 255. The van der Waals surface area contributed by atoms with E-state index in [9.17, 15) is 8.78 Å². The second-order valence-corrected chi connectivity index (χ2v) is 2.11. The van der Waals surface area contributed by atoms with Crippen LogP contribution in [0.2, 0.25) is 0 Å². The van der Waals surface area contributed by atoms with Crippen LogP contribution in [0.15, 0.2) is 18.2 Å². The molecule has 0 nitrogen and oxygen atoms in total. The van der Waals surface area contributed by atoms with Gasteiger partial charge in [-0.2, -0.15) is 0 Å². The van der Waals surface area contributed by atoms with E-state index in [1.807, 2.05) is 0 Å². The molecular weight excluding hydrogens is 122 g/mol. The van der Waals surface area contributed by atoms with Gasteiger partial charge in [0.05, 0.1) is 0 Å². The zero-order valence-corrected chi connectivity index (χ0v) is 4.57. The fraction of sp³-hybridized carbons (Fsp3) is 0.143. The van der Waals surface area contributed by atoms with E-state index < -0.39 is 12.0 Å². The minimum absolute atomic E-state index is 0.248. The van der Waals surface area contributed by atoms with Crippen molar-refractivity contribution in [3.05, 3.63) is 35.1 Å². The minimum atomic E-state index is -1.11. The lowest BCUT2D eigenvalue weighted by atomic mass is 10.4. The van der Waals surface area contributed by atoms with Crippen molar-refractivity contribution >= 4 is 0 Å². The Hall–Kier alpha value is -0.920. The first-order chi connectivity index (χ1) is 4.30. The summed E-state index contributed by atoms with van der Waals surface area (Å²) in [6.45, 7) is 0. The van der Waals surface area contributed by atoms with E-state index in [1.54, 1.807) is 6.07 Å². The van der Waals surface area contributed by atoms with Crippen LogP contribution in [0.5, 0.6) is 0 Å². The second kappa shape index (κ2) is 1.32. The maximum atomic E-state index is 12.4. The van der Waals surface area contributed by atoms with E-state index in [4.69, 9.17) is 0 Å². The van der Waals surface area contributed by atoms with Crippen LogP contribution in [0.4, 0.5) is 8.78 Å². The summed E-state index contributed by atoms with van der Waals surface area (Å²) in [5.74, 6) is -0.417. The summed E-state index contributed by atoms with van der Waals surface area (Å²) < 4.78 is 24.7. The normalized spacial score (nSPS) is 21.3. The van der Waals surface area contributed by atoms with Gasteiger partial charge in [0, 0.05) is 5.56 Å². The molecule has 0 bridgehead atoms. The lowest BCUT2D eigenvalue weighted by Crippen LogP contribution is -1.66. The number of halogens is 2. The highest BCUT2D eigenvalue weighted by Crippen LogP contribution is 2.45. The summed E-state index contributed by atoms with van der Waals surface area (Å²) in [5, 5.41) is 0. The topological polar surface area (TPSA) is 0 Å². The van der Waals surface area contributed by atoms with Crippen molar-refractivity contribution in [2.45, 2.75) is 6.17 Å². The summed E-state index contributed by atoms with van der Waals surface area (Å²) in [6.07, 6.45) is -1.11. The summed E-state index contributed by atoms with van der Waals surface area (Å²) >= 11 is 0. The van der Waals surface area contributed by atoms with Crippen LogP contribution in [0.1, 0.15) is 17.3 Å². The van der Waals surface area contributed by atoms with Crippen LogP contribution in [0, 0.1) is 5.82 Å². The monoisotopic (exact) mass is 126 g/mol. The molecule has 0 amide bonds. The van der Waals surface area contributed by atoms with Crippen molar-refractivity contribution < 1.29 is 8.78 Å². The molecule has 2 heteroatoms. The van der Waals surface area contributed by atoms with Crippen LogP contribution >= 0.6 is 0 Å². The molecule has 9 heavy (non-hydrogen) atoms. The van der Waals surface area contributed by atoms with Gasteiger partial charge in [-0.3, -0.25) is 0 Å². The van der Waals surface area contributed by atoms with E-state index in [2.05, 4.69) is 0 Å². The fourth-order valence-corrected chi connectivity index (χ4v) is 0.969. The fourth-order valence-electron chi connectivity index (χ4n) is 0.969. The van der Waals surface area contributed by atoms with Gasteiger partial charge in [0.1, 0.15) is 5.82 Å². The lowest BCUT2D eigenvalue weighted by Gasteiger charge is -1.77. The maximum absolute atomic E-state index is 12.4. The molecule has 0 radical (unpaired) electrons. The Labute approximate surface area is 51.1 Å². The second-order valence-electron chi connectivity index (χ2n) is 2.11. The average Bonchev–Trinajstić information content (AvgIpc) is 2.45. The van der Waals surface area contributed by atoms with Crippen LogP contribution in [0.3, 0.4) is 0 Å². The first-order valence-corrected chi connectivity index (χ1v) is 2.73. The minimum Gasteiger partial charge on any atom is -0.237 e. The van der Waals surface area contributed by atoms with Gasteiger partial charge in [-0.15, -0.1) is 0 Å². The molecule has 1 aliphatic rings. The first-order valence-electron chi connectivity index (χ1n) is 2.73. The summed E-state index contributed by atoms with van der Waals surface area (Å²) in [5.41, 5.74) is 0.757. The number of alkyl halides is 1. The molecule has 1 unspecified atom stereocenters. The van der Waals surface area contributed by atoms with Gasteiger partial charge >= 0.3 is 0 Å². The highest BCUT2D eigenvalue weighted by molar-refractivity contribution is 5.50. The summed E-state index contributed by atoms with van der Waals surface area (Å²) in [6, 6.07) is 4.40. The Morgan fingerprint density at radius 2 is 2.11 bits per heavy atom. The number of hydrogen-bond acceptors (Lipinski definition) is 0. The van der Waals surface area contributed by atoms with Crippen molar-refractivity contribution in [3.8, 4) is 0 Å². The average molecular weight is 126 g/mol. The van der Waals surface area contributed by atoms with Crippen molar-refractivity contribution in [1.29, 1.82) is 0 Å².